The second kappa shape index (κ2) is 6.29. The van der Waals surface area contributed by atoms with E-state index in [1.54, 1.807) is 0 Å². The maximum absolute atomic E-state index is 10.9. The van der Waals surface area contributed by atoms with E-state index in [9.17, 15) is 19.7 Å². The third-order valence-corrected chi connectivity index (χ3v) is 2.27. The van der Waals surface area contributed by atoms with E-state index in [1.807, 2.05) is 0 Å². The van der Waals surface area contributed by atoms with Crippen LogP contribution >= 0.6 is 0 Å². The molecule has 1 aromatic carbocycles. The number of carboxylic acids is 1. The number of carboxylic acid groups (broad SMARTS) is 1. The van der Waals surface area contributed by atoms with Crippen LogP contribution < -0.4 is 0 Å². The third kappa shape index (κ3) is 3.91. The van der Waals surface area contributed by atoms with Crippen LogP contribution in [0.3, 0.4) is 0 Å². The minimum Gasteiger partial charge on any atom is -0.477 e. The van der Waals surface area contributed by atoms with Crippen LogP contribution in [-0.4, -0.2) is 29.1 Å². The second-order valence-electron chi connectivity index (χ2n) is 3.52. The lowest BCUT2D eigenvalue weighted by molar-refractivity contribution is -0.385. The molecule has 0 spiro atoms. The number of carbonyl (C=O) groups excluding carboxylic acids is 1. The Morgan fingerprint density at radius 1 is 1.47 bits per heavy atom. The average Bonchev–Trinajstić information content (AvgIpc) is 2.38. The fourth-order valence-corrected chi connectivity index (χ4v) is 1.36. The maximum atomic E-state index is 10.9. The number of ether oxygens (including phenoxy) is 1. The van der Waals surface area contributed by atoms with E-state index < -0.39 is 28.1 Å². The summed E-state index contributed by atoms with van der Waals surface area (Å²) in [7, 11) is 1.25. The molecule has 19 heavy (non-hydrogen) atoms. The van der Waals surface area contributed by atoms with E-state index in [0.717, 1.165) is 6.07 Å². The Morgan fingerprint density at radius 2 is 2.16 bits per heavy atom. The van der Waals surface area contributed by atoms with Gasteiger partial charge in [-0.25, -0.2) is 4.79 Å². The first-order valence-corrected chi connectivity index (χ1v) is 5.20. The Balaban J connectivity index is 2.99. The molecule has 7 nitrogen and oxygen atoms in total. The molecule has 100 valence electrons. The molecule has 0 unspecified atom stereocenters. The molecule has 0 radical (unpaired) electrons. The van der Waals surface area contributed by atoms with Crippen molar-refractivity contribution in [3.05, 3.63) is 45.5 Å². The largest absolute Gasteiger partial charge is 0.477 e. The predicted octanol–water partition coefficient (Wildman–Crippen LogP) is 1.87. The highest BCUT2D eigenvalue weighted by molar-refractivity contribution is 5.93. The lowest BCUT2D eigenvalue weighted by atomic mass is 10.1. The molecule has 0 saturated heterocycles. The Labute approximate surface area is 108 Å². The fraction of sp³-hybridized carbons (Fsp3) is 0.167. The summed E-state index contributed by atoms with van der Waals surface area (Å²) in [5.74, 6) is -1.81. The summed E-state index contributed by atoms with van der Waals surface area (Å²) >= 11 is 0. The van der Waals surface area contributed by atoms with Crippen molar-refractivity contribution in [1.29, 1.82) is 0 Å². The summed E-state index contributed by atoms with van der Waals surface area (Å²) in [6, 6.07) is 3.69. The lowest BCUT2D eigenvalue weighted by Gasteiger charge is -1.99. The molecule has 0 aliphatic rings. The standard InChI is InChI=1S/C12H11NO6/c1-19-11(14)4-2-3-8-5-6-10(13(17)18)9(7-8)12(15)16/h2-3,5-7H,4H2,1H3,(H,15,16). The zero-order valence-corrected chi connectivity index (χ0v) is 10.0. The van der Waals surface area contributed by atoms with E-state index in [1.165, 1.54) is 31.4 Å². The highest BCUT2D eigenvalue weighted by Gasteiger charge is 2.19. The molecular formula is C12H11NO6. The zero-order valence-electron chi connectivity index (χ0n) is 10.0. The van der Waals surface area contributed by atoms with Crippen LogP contribution in [0.25, 0.3) is 6.08 Å². The van der Waals surface area contributed by atoms with Crippen LogP contribution in [0.5, 0.6) is 0 Å². The molecule has 1 N–H and O–H groups in total. The van der Waals surface area contributed by atoms with Gasteiger partial charge in [0.05, 0.1) is 18.5 Å². The van der Waals surface area contributed by atoms with Gasteiger partial charge in [0, 0.05) is 6.07 Å². The number of hydrogen-bond acceptors (Lipinski definition) is 5. The monoisotopic (exact) mass is 265 g/mol. The number of hydrogen-bond donors (Lipinski definition) is 1. The number of esters is 1. The van der Waals surface area contributed by atoms with Gasteiger partial charge < -0.3 is 9.84 Å². The highest BCUT2D eigenvalue weighted by Crippen LogP contribution is 2.20. The molecule has 0 aromatic heterocycles. The third-order valence-electron chi connectivity index (χ3n) is 2.27. The van der Waals surface area contributed by atoms with Crippen molar-refractivity contribution in [2.75, 3.05) is 7.11 Å². The van der Waals surface area contributed by atoms with E-state index in [4.69, 9.17) is 5.11 Å². The summed E-state index contributed by atoms with van der Waals surface area (Å²) in [4.78, 5) is 31.7. The number of nitro benzene ring substituents is 1. The molecule has 0 aliphatic heterocycles. The van der Waals surface area contributed by atoms with Crippen LogP contribution in [0, 0.1) is 10.1 Å². The number of rotatable bonds is 5. The molecule has 0 saturated carbocycles. The molecule has 0 atom stereocenters. The van der Waals surface area contributed by atoms with Crippen molar-refractivity contribution >= 4 is 23.7 Å². The predicted molar refractivity (Wildman–Crippen MR) is 65.7 cm³/mol. The molecule has 0 aliphatic carbocycles. The van der Waals surface area contributed by atoms with Gasteiger partial charge in [-0.3, -0.25) is 14.9 Å². The highest BCUT2D eigenvalue weighted by atomic mass is 16.6. The molecule has 7 heteroatoms. The van der Waals surface area contributed by atoms with Gasteiger partial charge in [0.15, 0.2) is 0 Å². The Bertz CT molecular complexity index is 549. The Hall–Kier alpha value is -2.70. The van der Waals surface area contributed by atoms with Gasteiger partial charge in [0.1, 0.15) is 5.56 Å². The van der Waals surface area contributed by atoms with Gasteiger partial charge >= 0.3 is 11.9 Å². The number of nitrogens with zero attached hydrogens (tertiary/aromatic N) is 1. The van der Waals surface area contributed by atoms with Crippen LogP contribution in [0.15, 0.2) is 24.3 Å². The van der Waals surface area contributed by atoms with Crippen LogP contribution in [-0.2, 0) is 9.53 Å². The van der Waals surface area contributed by atoms with Crippen molar-refractivity contribution in [2.24, 2.45) is 0 Å². The average molecular weight is 265 g/mol. The van der Waals surface area contributed by atoms with Crippen molar-refractivity contribution < 1.29 is 24.4 Å². The van der Waals surface area contributed by atoms with Crippen LogP contribution in [0.2, 0.25) is 0 Å². The van der Waals surface area contributed by atoms with E-state index in [2.05, 4.69) is 4.74 Å². The minimum absolute atomic E-state index is 0.0376. The summed E-state index contributed by atoms with van der Waals surface area (Å²) in [5.41, 5.74) is -0.422. The number of benzene rings is 1. The van der Waals surface area contributed by atoms with Gasteiger partial charge in [0.25, 0.3) is 5.69 Å². The normalized spacial score (nSPS) is 10.4. The lowest BCUT2D eigenvalue weighted by Crippen LogP contribution is -2.02. The first kappa shape index (κ1) is 14.4. The number of nitro groups is 1. The topological polar surface area (TPSA) is 107 Å². The molecule has 1 rings (SSSR count). The molecule has 0 heterocycles. The zero-order chi connectivity index (χ0) is 14.4. The van der Waals surface area contributed by atoms with Gasteiger partial charge in [0.2, 0.25) is 0 Å². The van der Waals surface area contributed by atoms with Crippen molar-refractivity contribution in [3.8, 4) is 0 Å². The second-order valence-corrected chi connectivity index (χ2v) is 3.52. The van der Waals surface area contributed by atoms with Gasteiger partial charge in [-0.05, 0) is 17.7 Å². The first-order valence-electron chi connectivity index (χ1n) is 5.20. The molecule has 0 fully saturated rings. The fourth-order valence-electron chi connectivity index (χ4n) is 1.36. The number of carbonyl (C=O) groups is 2. The van der Waals surface area contributed by atoms with Crippen molar-refractivity contribution in [2.45, 2.75) is 6.42 Å². The van der Waals surface area contributed by atoms with E-state index >= 15 is 0 Å². The molecule has 0 bridgehead atoms. The Morgan fingerprint density at radius 3 is 2.68 bits per heavy atom. The smallest absolute Gasteiger partial charge is 0.342 e. The summed E-state index contributed by atoms with van der Waals surface area (Å²) in [6.45, 7) is 0. The summed E-state index contributed by atoms with van der Waals surface area (Å²) in [5, 5.41) is 19.5. The van der Waals surface area contributed by atoms with Crippen LogP contribution in [0.1, 0.15) is 22.3 Å². The number of aromatic carboxylic acids is 1. The van der Waals surface area contributed by atoms with Gasteiger partial charge in [-0.2, -0.15) is 0 Å². The van der Waals surface area contributed by atoms with Gasteiger partial charge in [-0.1, -0.05) is 12.2 Å². The first-order chi connectivity index (χ1) is 8.95. The van der Waals surface area contributed by atoms with Gasteiger partial charge in [-0.15, -0.1) is 0 Å². The minimum atomic E-state index is -1.38. The SMILES string of the molecule is COC(=O)CC=Cc1ccc([N+](=O)[O-])c(C(=O)O)c1. The van der Waals surface area contributed by atoms with E-state index in [-0.39, 0.29) is 6.42 Å². The quantitative estimate of drug-likeness (QED) is 0.494. The summed E-state index contributed by atoms with van der Waals surface area (Å²) < 4.78 is 4.43. The van der Waals surface area contributed by atoms with E-state index in [0.29, 0.717) is 5.56 Å². The van der Waals surface area contributed by atoms with Crippen molar-refractivity contribution in [1.82, 2.24) is 0 Å². The molecule has 1 aromatic rings. The maximum Gasteiger partial charge on any atom is 0.342 e. The molecular weight excluding hydrogens is 254 g/mol. The molecule has 0 amide bonds. The van der Waals surface area contributed by atoms with Crippen LogP contribution in [0.4, 0.5) is 5.69 Å². The number of methoxy groups -OCH3 is 1. The van der Waals surface area contributed by atoms with Crippen molar-refractivity contribution in [3.63, 3.8) is 0 Å². The summed E-state index contributed by atoms with van der Waals surface area (Å²) in [6.07, 6.45) is 3.02. The Kier molecular flexibility index (Phi) is 4.76.